The lowest BCUT2D eigenvalue weighted by atomic mass is 10.0. The molecule has 1 N–H and O–H groups in total. The normalized spacial score (nSPS) is 20.4. The average Bonchev–Trinajstić information content (AvgIpc) is 3.29. The van der Waals surface area contributed by atoms with Crippen LogP contribution in [0.25, 0.3) is 0 Å². The van der Waals surface area contributed by atoms with Crippen LogP contribution in [0.4, 0.5) is 0 Å². The summed E-state index contributed by atoms with van der Waals surface area (Å²) in [5.74, 6) is 1.56. The Hall–Kier alpha value is -1.13. The highest BCUT2D eigenvalue weighted by Gasteiger charge is 2.21. The van der Waals surface area contributed by atoms with Crippen molar-refractivity contribution in [2.75, 3.05) is 19.8 Å². The second-order valence-corrected chi connectivity index (χ2v) is 5.51. The third kappa shape index (κ3) is 3.91. The largest absolute Gasteiger partial charge is 0.491 e. The lowest BCUT2D eigenvalue weighted by Crippen LogP contribution is -2.22. The molecule has 0 spiro atoms. The van der Waals surface area contributed by atoms with E-state index in [9.17, 15) is 0 Å². The standard InChI is InChI=1S/C15H22N2O2/c1-2-14(1)17-9-13-3-6-16-10-15(13)19-11-12-4-7-18-8-5-12/h3,6,10,12,14,17H,1-2,4-5,7-9,11H2. The molecule has 4 nitrogen and oxygen atoms in total. The SMILES string of the molecule is c1cc(CNC2CC2)c(OCC2CCOCC2)cn1. The van der Waals surface area contributed by atoms with E-state index in [1.54, 1.807) is 0 Å². The monoisotopic (exact) mass is 262 g/mol. The van der Waals surface area contributed by atoms with Crippen LogP contribution in [0.15, 0.2) is 18.5 Å². The Morgan fingerprint density at radius 2 is 2.11 bits per heavy atom. The molecule has 1 aliphatic heterocycles. The molecule has 2 fully saturated rings. The van der Waals surface area contributed by atoms with Crippen molar-refractivity contribution in [1.29, 1.82) is 0 Å². The third-order valence-electron chi connectivity index (χ3n) is 3.84. The molecule has 104 valence electrons. The van der Waals surface area contributed by atoms with Gasteiger partial charge in [-0.25, -0.2) is 0 Å². The predicted molar refractivity (Wildman–Crippen MR) is 73.1 cm³/mol. The highest BCUT2D eigenvalue weighted by molar-refractivity contribution is 5.29. The van der Waals surface area contributed by atoms with Crippen LogP contribution in [0.5, 0.6) is 5.75 Å². The molecule has 0 radical (unpaired) electrons. The quantitative estimate of drug-likeness (QED) is 0.853. The highest BCUT2D eigenvalue weighted by Crippen LogP contribution is 2.23. The molecule has 0 unspecified atom stereocenters. The summed E-state index contributed by atoms with van der Waals surface area (Å²) >= 11 is 0. The molecule has 4 heteroatoms. The minimum Gasteiger partial charge on any atom is -0.491 e. The van der Waals surface area contributed by atoms with Crippen molar-refractivity contribution in [3.05, 3.63) is 24.0 Å². The topological polar surface area (TPSA) is 43.4 Å². The predicted octanol–water partition coefficient (Wildman–Crippen LogP) is 2.14. The molecular formula is C15H22N2O2. The van der Waals surface area contributed by atoms with E-state index in [2.05, 4.69) is 16.4 Å². The van der Waals surface area contributed by atoms with E-state index in [4.69, 9.17) is 9.47 Å². The van der Waals surface area contributed by atoms with Crippen LogP contribution in [0.3, 0.4) is 0 Å². The van der Waals surface area contributed by atoms with E-state index in [0.717, 1.165) is 51.0 Å². The zero-order chi connectivity index (χ0) is 12.9. The first-order chi connectivity index (χ1) is 9.42. The molecule has 1 aromatic heterocycles. The van der Waals surface area contributed by atoms with Crippen molar-refractivity contribution in [3.8, 4) is 5.75 Å². The molecule has 1 aromatic rings. The lowest BCUT2D eigenvalue weighted by molar-refractivity contribution is 0.0495. The summed E-state index contributed by atoms with van der Waals surface area (Å²) in [6, 6.07) is 2.77. The molecule has 19 heavy (non-hydrogen) atoms. The maximum Gasteiger partial charge on any atom is 0.142 e. The van der Waals surface area contributed by atoms with Gasteiger partial charge in [0.05, 0.1) is 12.8 Å². The van der Waals surface area contributed by atoms with Gasteiger partial charge in [0.2, 0.25) is 0 Å². The fourth-order valence-corrected chi connectivity index (χ4v) is 2.35. The minimum atomic E-state index is 0.623. The van der Waals surface area contributed by atoms with Crippen LogP contribution >= 0.6 is 0 Å². The smallest absolute Gasteiger partial charge is 0.142 e. The second kappa shape index (κ2) is 6.35. The summed E-state index contributed by atoms with van der Waals surface area (Å²) in [6.07, 6.45) is 8.51. The Bertz CT molecular complexity index is 401. The van der Waals surface area contributed by atoms with E-state index >= 15 is 0 Å². The van der Waals surface area contributed by atoms with Crippen LogP contribution in [0.2, 0.25) is 0 Å². The van der Waals surface area contributed by atoms with Gasteiger partial charge >= 0.3 is 0 Å². The van der Waals surface area contributed by atoms with Crippen molar-refractivity contribution in [2.24, 2.45) is 5.92 Å². The van der Waals surface area contributed by atoms with Crippen LogP contribution in [-0.4, -0.2) is 30.8 Å². The molecule has 1 saturated carbocycles. The number of pyridine rings is 1. The number of nitrogens with one attached hydrogen (secondary N) is 1. The molecule has 1 aliphatic carbocycles. The second-order valence-electron chi connectivity index (χ2n) is 5.51. The van der Waals surface area contributed by atoms with E-state index in [0.29, 0.717) is 5.92 Å². The molecule has 0 aromatic carbocycles. The van der Waals surface area contributed by atoms with Gasteiger partial charge in [0.25, 0.3) is 0 Å². The Morgan fingerprint density at radius 3 is 2.89 bits per heavy atom. The highest BCUT2D eigenvalue weighted by atomic mass is 16.5. The zero-order valence-corrected chi connectivity index (χ0v) is 11.3. The number of hydrogen-bond acceptors (Lipinski definition) is 4. The van der Waals surface area contributed by atoms with Crippen LogP contribution in [-0.2, 0) is 11.3 Å². The van der Waals surface area contributed by atoms with Gasteiger partial charge in [-0.2, -0.15) is 0 Å². The van der Waals surface area contributed by atoms with Crippen molar-refractivity contribution in [3.63, 3.8) is 0 Å². The minimum absolute atomic E-state index is 0.623. The Balaban J connectivity index is 1.52. The van der Waals surface area contributed by atoms with E-state index in [-0.39, 0.29) is 0 Å². The summed E-state index contributed by atoms with van der Waals surface area (Å²) < 4.78 is 11.3. The van der Waals surface area contributed by atoms with Gasteiger partial charge in [-0.15, -0.1) is 0 Å². The van der Waals surface area contributed by atoms with Gasteiger partial charge in [-0.1, -0.05) is 0 Å². The van der Waals surface area contributed by atoms with Crippen LogP contribution in [0.1, 0.15) is 31.2 Å². The van der Waals surface area contributed by atoms with E-state index in [1.165, 1.54) is 18.4 Å². The fourth-order valence-electron chi connectivity index (χ4n) is 2.35. The molecule has 0 amide bonds. The van der Waals surface area contributed by atoms with Crippen molar-refractivity contribution in [1.82, 2.24) is 10.3 Å². The number of ether oxygens (including phenoxy) is 2. The molecule has 0 atom stereocenters. The van der Waals surface area contributed by atoms with Gasteiger partial charge < -0.3 is 14.8 Å². The summed E-state index contributed by atoms with van der Waals surface area (Å²) in [5.41, 5.74) is 1.22. The third-order valence-corrected chi connectivity index (χ3v) is 3.84. The van der Waals surface area contributed by atoms with Gasteiger partial charge in [0.15, 0.2) is 0 Å². The molecule has 2 heterocycles. The molecule has 3 rings (SSSR count). The Morgan fingerprint density at radius 1 is 1.26 bits per heavy atom. The van der Waals surface area contributed by atoms with Gasteiger partial charge in [-0.05, 0) is 37.7 Å². The van der Waals surface area contributed by atoms with Crippen molar-refractivity contribution >= 4 is 0 Å². The maximum absolute atomic E-state index is 5.97. The number of aromatic nitrogens is 1. The Kier molecular flexibility index (Phi) is 4.30. The van der Waals surface area contributed by atoms with E-state index < -0.39 is 0 Å². The molecule has 1 saturated heterocycles. The number of nitrogens with zero attached hydrogens (tertiary/aromatic N) is 1. The van der Waals surface area contributed by atoms with Crippen LogP contribution < -0.4 is 10.1 Å². The average molecular weight is 262 g/mol. The maximum atomic E-state index is 5.97. The van der Waals surface area contributed by atoms with Crippen molar-refractivity contribution < 1.29 is 9.47 Å². The lowest BCUT2D eigenvalue weighted by Gasteiger charge is -2.22. The van der Waals surface area contributed by atoms with Gasteiger partial charge in [-0.3, -0.25) is 4.98 Å². The summed E-state index contributed by atoms with van der Waals surface area (Å²) in [6.45, 7) is 3.41. The van der Waals surface area contributed by atoms with Crippen molar-refractivity contribution in [2.45, 2.75) is 38.3 Å². The van der Waals surface area contributed by atoms with Crippen LogP contribution in [0, 0.1) is 5.92 Å². The first-order valence-electron chi connectivity index (χ1n) is 7.28. The zero-order valence-electron chi connectivity index (χ0n) is 11.3. The summed E-state index contributed by atoms with van der Waals surface area (Å²) in [4.78, 5) is 4.17. The summed E-state index contributed by atoms with van der Waals surface area (Å²) in [7, 11) is 0. The number of hydrogen-bond donors (Lipinski definition) is 1. The fraction of sp³-hybridized carbons (Fsp3) is 0.667. The first-order valence-corrected chi connectivity index (χ1v) is 7.28. The Labute approximate surface area is 114 Å². The van der Waals surface area contributed by atoms with Gasteiger partial charge in [0.1, 0.15) is 5.75 Å². The summed E-state index contributed by atoms with van der Waals surface area (Å²) in [5, 5.41) is 3.52. The molecular weight excluding hydrogens is 240 g/mol. The molecule has 2 aliphatic rings. The number of rotatable bonds is 6. The van der Waals surface area contributed by atoms with Gasteiger partial charge in [0, 0.05) is 37.6 Å². The van der Waals surface area contributed by atoms with E-state index in [1.807, 2.05) is 12.4 Å². The first kappa shape index (κ1) is 12.9. The molecule has 0 bridgehead atoms.